The quantitative estimate of drug-likeness (QED) is 0.715. The van der Waals surface area contributed by atoms with Gasteiger partial charge in [-0.25, -0.2) is 0 Å². The van der Waals surface area contributed by atoms with Crippen molar-refractivity contribution in [1.82, 2.24) is 0 Å². The van der Waals surface area contributed by atoms with E-state index in [0.717, 1.165) is 37.0 Å². The van der Waals surface area contributed by atoms with E-state index >= 15 is 0 Å². The number of aryl methyl sites for hydroxylation is 1. The predicted octanol–water partition coefficient (Wildman–Crippen LogP) is 5.37. The van der Waals surface area contributed by atoms with E-state index in [9.17, 15) is 5.11 Å². The first-order valence-corrected chi connectivity index (χ1v) is 11.4. The first-order chi connectivity index (χ1) is 13.7. The SMILES string of the molecule is CC12CCC3c4ccc(OC5CCCCO5)cc4CCC3C1CC/C2=C\CO. The molecule has 28 heavy (non-hydrogen) atoms. The second-order valence-corrected chi connectivity index (χ2v) is 9.60. The van der Waals surface area contributed by atoms with Gasteiger partial charge in [-0.3, -0.25) is 0 Å². The Morgan fingerprint density at radius 1 is 1.18 bits per heavy atom. The van der Waals surface area contributed by atoms with E-state index in [2.05, 4.69) is 31.2 Å². The van der Waals surface area contributed by atoms with Gasteiger partial charge in [0.1, 0.15) is 5.75 Å². The van der Waals surface area contributed by atoms with Gasteiger partial charge in [0, 0.05) is 6.42 Å². The van der Waals surface area contributed by atoms with Gasteiger partial charge in [0.15, 0.2) is 6.29 Å². The van der Waals surface area contributed by atoms with Crippen LogP contribution in [0.3, 0.4) is 0 Å². The number of ether oxygens (including phenoxy) is 2. The molecule has 152 valence electrons. The maximum atomic E-state index is 9.44. The number of aliphatic hydroxyl groups is 1. The Balaban J connectivity index is 1.35. The van der Waals surface area contributed by atoms with Crippen LogP contribution in [-0.2, 0) is 11.2 Å². The Kier molecular flexibility index (Phi) is 5.00. The van der Waals surface area contributed by atoms with Crippen LogP contribution in [0.4, 0.5) is 0 Å². The molecule has 0 bridgehead atoms. The van der Waals surface area contributed by atoms with Crippen LogP contribution in [0.5, 0.6) is 5.75 Å². The number of rotatable bonds is 3. The highest BCUT2D eigenvalue weighted by Crippen LogP contribution is 2.62. The van der Waals surface area contributed by atoms with Gasteiger partial charge in [-0.1, -0.05) is 24.6 Å². The first kappa shape index (κ1) is 18.7. The predicted molar refractivity (Wildman–Crippen MR) is 110 cm³/mol. The molecule has 1 saturated heterocycles. The first-order valence-electron chi connectivity index (χ1n) is 11.4. The molecule has 4 aliphatic rings. The number of fused-ring (bicyclic) bond motifs is 5. The largest absolute Gasteiger partial charge is 0.465 e. The van der Waals surface area contributed by atoms with Crippen molar-refractivity contribution in [1.29, 1.82) is 0 Å². The molecule has 1 aromatic carbocycles. The van der Waals surface area contributed by atoms with E-state index in [0.29, 0.717) is 11.3 Å². The third kappa shape index (κ3) is 3.11. The van der Waals surface area contributed by atoms with Gasteiger partial charge in [-0.15, -0.1) is 0 Å². The van der Waals surface area contributed by atoms with Crippen LogP contribution in [0.15, 0.2) is 29.8 Å². The lowest BCUT2D eigenvalue weighted by atomic mass is 9.55. The average molecular weight is 383 g/mol. The Labute approximate surface area is 169 Å². The van der Waals surface area contributed by atoms with E-state index < -0.39 is 0 Å². The number of aliphatic hydroxyl groups excluding tert-OH is 1. The molecule has 2 saturated carbocycles. The molecule has 0 spiro atoms. The lowest BCUT2D eigenvalue weighted by molar-refractivity contribution is -0.105. The van der Waals surface area contributed by atoms with Crippen molar-refractivity contribution < 1.29 is 14.6 Å². The molecule has 5 atom stereocenters. The van der Waals surface area contributed by atoms with Crippen molar-refractivity contribution in [3.63, 3.8) is 0 Å². The van der Waals surface area contributed by atoms with Crippen LogP contribution < -0.4 is 4.74 Å². The van der Waals surface area contributed by atoms with E-state index in [1.807, 2.05) is 0 Å². The molecular weight excluding hydrogens is 348 g/mol. The zero-order valence-electron chi connectivity index (χ0n) is 17.2. The van der Waals surface area contributed by atoms with Crippen molar-refractivity contribution in [3.05, 3.63) is 41.0 Å². The maximum Gasteiger partial charge on any atom is 0.199 e. The summed E-state index contributed by atoms with van der Waals surface area (Å²) in [6, 6.07) is 6.83. The Morgan fingerprint density at radius 3 is 2.93 bits per heavy atom. The van der Waals surface area contributed by atoms with E-state index in [1.54, 1.807) is 5.56 Å². The highest BCUT2D eigenvalue weighted by Gasteiger charge is 2.52. The molecule has 5 unspecified atom stereocenters. The van der Waals surface area contributed by atoms with Crippen molar-refractivity contribution >= 4 is 0 Å². The minimum Gasteiger partial charge on any atom is -0.465 e. The minimum atomic E-state index is -0.0613. The standard InChI is InChI=1S/C25H34O3/c1-25-13-11-21-20-9-7-19(28-24-4-2-3-15-27-24)16-17(20)5-8-22(21)23(25)10-6-18(25)12-14-26/h7,9,12,16,21-24,26H,2-6,8,10-11,13-15H2,1H3/b18-12+. The number of benzene rings is 1. The number of hydrogen-bond donors (Lipinski definition) is 1. The van der Waals surface area contributed by atoms with Gasteiger partial charge in [0.2, 0.25) is 0 Å². The van der Waals surface area contributed by atoms with Crippen LogP contribution in [-0.4, -0.2) is 24.6 Å². The fourth-order valence-corrected chi connectivity index (χ4v) is 6.88. The molecule has 5 rings (SSSR count). The Hall–Kier alpha value is -1.32. The van der Waals surface area contributed by atoms with Gasteiger partial charge in [-0.05, 0) is 97.8 Å². The third-order valence-corrected chi connectivity index (χ3v) is 8.29. The molecule has 0 aromatic heterocycles. The molecule has 3 aliphatic carbocycles. The molecule has 1 heterocycles. The summed E-state index contributed by atoms with van der Waals surface area (Å²) in [5.74, 6) is 3.27. The van der Waals surface area contributed by atoms with Crippen LogP contribution in [0.25, 0.3) is 0 Å². The molecule has 0 amide bonds. The summed E-state index contributed by atoms with van der Waals surface area (Å²) in [7, 11) is 0. The van der Waals surface area contributed by atoms with E-state index in [1.165, 1.54) is 56.1 Å². The normalized spacial score (nSPS) is 38.6. The fourth-order valence-electron chi connectivity index (χ4n) is 6.88. The van der Waals surface area contributed by atoms with Crippen LogP contribution in [0.2, 0.25) is 0 Å². The zero-order valence-corrected chi connectivity index (χ0v) is 17.2. The van der Waals surface area contributed by atoms with Crippen LogP contribution >= 0.6 is 0 Å². The molecule has 1 aromatic rings. The summed E-state index contributed by atoms with van der Waals surface area (Å²) in [6.45, 7) is 3.49. The van der Waals surface area contributed by atoms with Gasteiger partial charge in [0.25, 0.3) is 0 Å². The Bertz CT molecular complexity index is 748. The fraction of sp³-hybridized carbons (Fsp3) is 0.680. The molecule has 3 fully saturated rings. The van der Waals surface area contributed by atoms with Crippen molar-refractivity contribution in [3.8, 4) is 5.75 Å². The highest BCUT2D eigenvalue weighted by molar-refractivity contribution is 5.41. The van der Waals surface area contributed by atoms with Gasteiger partial charge >= 0.3 is 0 Å². The number of allylic oxidation sites excluding steroid dienone is 1. The lowest BCUT2D eigenvalue weighted by Crippen LogP contribution is -2.40. The average Bonchev–Trinajstić information content (AvgIpc) is 3.05. The molecule has 3 heteroatoms. The molecular formula is C25H34O3. The van der Waals surface area contributed by atoms with E-state index in [-0.39, 0.29) is 12.9 Å². The molecule has 0 radical (unpaired) electrons. The van der Waals surface area contributed by atoms with Gasteiger partial charge < -0.3 is 14.6 Å². The monoisotopic (exact) mass is 382 g/mol. The summed E-state index contributed by atoms with van der Waals surface area (Å²) >= 11 is 0. The summed E-state index contributed by atoms with van der Waals surface area (Å²) in [5.41, 5.74) is 4.93. The van der Waals surface area contributed by atoms with Gasteiger partial charge in [0.05, 0.1) is 13.2 Å². The number of hydrogen-bond acceptors (Lipinski definition) is 3. The third-order valence-electron chi connectivity index (χ3n) is 8.29. The summed E-state index contributed by atoms with van der Waals surface area (Å²) in [6.07, 6.45) is 12.9. The smallest absolute Gasteiger partial charge is 0.199 e. The zero-order chi connectivity index (χ0) is 19.1. The van der Waals surface area contributed by atoms with Crippen LogP contribution in [0.1, 0.15) is 75.3 Å². The lowest BCUT2D eigenvalue weighted by Gasteiger charge is -2.49. The topological polar surface area (TPSA) is 38.7 Å². The van der Waals surface area contributed by atoms with Gasteiger partial charge in [-0.2, -0.15) is 0 Å². The highest BCUT2D eigenvalue weighted by atomic mass is 16.7. The summed E-state index contributed by atoms with van der Waals surface area (Å²) in [5, 5.41) is 9.44. The Morgan fingerprint density at radius 2 is 2.11 bits per heavy atom. The molecule has 1 aliphatic heterocycles. The second-order valence-electron chi connectivity index (χ2n) is 9.60. The van der Waals surface area contributed by atoms with Crippen molar-refractivity contribution in [2.24, 2.45) is 17.3 Å². The maximum absolute atomic E-state index is 9.44. The molecule has 1 N–H and O–H groups in total. The van der Waals surface area contributed by atoms with Crippen LogP contribution in [0, 0.1) is 17.3 Å². The summed E-state index contributed by atoms with van der Waals surface area (Å²) < 4.78 is 11.9. The second kappa shape index (κ2) is 7.50. The van der Waals surface area contributed by atoms with Crippen molar-refractivity contribution in [2.45, 2.75) is 76.9 Å². The summed E-state index contributed by atoms with van der Waals surface area (Å²) in [4.78, 5) is 0. The minimum absolute atomic E-state index is 0.0613. The van der Waals surface area contributed by atoms with E-state index in [4.69, 9.17) is 9.47 Å². The molecule has 3 nitrogen and oxygen atoms in total. The van der Waals surface area contributed by atoms with Crippen molar-refractivity contribution in [2.75, 3.05) is 13.2 Å².